The van der Waals surface area contributed by atoms with Crippen LogP contribution in [0.3, 0.4) is 0 Å². The summed E-state index contributed by atoms with van der Waals surface area (Å²) in [5, 5.41) is 12.9. The third-order valence-electron chi connectivity index (χ3n) is 4.31. The van der Waals surface area contributed by atoms with Gasteiger partial charge in [-0.3, -0.25) is 4.79 Å². The predicted molar refractivity (Wildman–Crippen MR) is 83.5 cm³/mol. The van der Waals surface area contributed by atoms with E-state index in [1.807, 2.05) is 25.3 Å². The van der Waals surface area contributed by atoms with Crippen LogP contribution in [-0.2, 0) is 17.8 Å². The van der Waals surface area contributed by atoms with Gasteiger partial charge in [-0.05, 0) is 43.4 Å². The summed E-state index contributed by atoms with van der Waals surface area (Å²) >= 11 is 0. The molecular weight excluding hydrogens is 278 g/mol. The second kappa shape index (κ2) is 6.22. The van der Waals surface area contributed by atoms with E-state index in [-0.39, 0.29) is 11.9 Å². The van der Waals surface area contributed by atoms with Crippen LogP contribution in [0.1, 0.15) is 42.3 Å². The highest BCUT2D eigenvalue weighted by Gasteiger charge is 2.25. The fourth-order valence-corrected chi connectivity index (χ4v) is 3.10. The van der Waals surface area contributed by atoms with Gasteiger partial charge >= 0.3 is 0 Å². The molecular formula is C17H21N3O2. The van der Waals surface area contributed by atoms with Crippen molar-refractivity contribution in [2.75, 3.05) is 0 Å². The SMILES string of the molecule is Cc1nccn1CCCC(=O)N[C@H]1CCc2c(O)cccc21. The number of aromatic hydroxyl groups is 1. The number of carbonyl (C=O) groups is 1. The average Bonchev–Trinajstić information content (AvgIpc) is 3.08. The zero-order valence-corrected chi connectivity index (χ0v) is 12.7. The Hall–Kier alpha value is -2.30. The lowest BCUT2D eigenvalue weighted by molar-refractivity contribution is -0.122. The Bertz CT molecular complexity index is 678. The van der Waals surface area contributed by atoms with Gasteiger partial charge in [0, 0.05) is 25.4 Å². The number of hydrogen-bond acceptors (Lipinski definition) is 3. The molecule has 0 fully saturated rings. The molecule has 0 spiro atoms. The minimum absolute atomic E-state index is 0.0320. The highest BCUT2D eigenvalue weighted by molar-refractivity contribution is 5.76. The van der Waals surface area contributed by atoms with Gasteiger partial charge in [0.1, 0.15) is 11.6 Å². The molecule has 0 radical (unpaired) electrons. The van der Waals surface area contributed by atoms with Crippen molar-refractivity contribution in [2.45, 2.75) is 45.2 Å². The van der Waals surface area contributed by atoms with Crippen LogP contribution in [-0.4, -0.2) is 20.6 Å². The van der Waals surface area contributed by atoms with Crippen LogP contribution in [0.25, 0.3) is 0 Å². The first kappa shape index (κ1) is 14.6. The fraction of sp³-hybridized carbons (Fsp3) is 0.412. The molecule has 1 aliphatic rings. The lowest BCUT2D eigenvalue weighted by atomic mass is 10.1. The third kappa shape index (κ3) is 2.98. The van der Waals surface area contributed by atoms with Crippen molar-refractivity contribution in [3.05, 3.63) is 47.5 Å². The summed E-state index contributed by atoms with van der Waals surface area (Å²) in [7, 11) is 0. The number of aryl methyl sites for hydroxylation is 2. The molecule has 1 aromatic carbocycles. The van der Waals surface area contributed by atoms with Crippen molar-refractivity contribution in [1.82, 2.24) is 14.9 Å². The van der Waals surface area contributed by atoms with Gasteiger partial charge in [-0.15, -0.1) is 0 Å². The Labute approximate surface area is 130 Å². The first-order valence-corrected chi connectivity index (χ1v) is 7.73. The molecule has 1 amide bonds. The maximum atomic E-state index is 12.1. The van der Waals surface area contributed by atoms with Crippen molar-refractivity contribution >= 4 is 5.91 Å². The number of aromatic nitrogens is 2. The maximum absolute atomic E-state index is 12.1. The first-order valence-electron chi connectivity index (χ1n) is 7.73. The van der Waals surface area contributed by atoms with Gasteiger partial charge in [0.15, 0.2) is 0 Å². The summed E-state index contributed by atoms with van der Waals surface area (Å²) < 4.78 is 2.05. The summed E-state index contributed by atoms with van der Waals surface area (Å²) in [5.74, 6) is 1.38. The standard InChI is InChI=1S/C17H21N3O2/c1-12-18-9-11-20(12)10-3-6-17(22)19-15-8-7-14-13(15)4-2-5-16(14)21/h2,4-5,9,11,15,21H,3,6-8,10H2,1H3,(H,19,22)/t15-/m0/s1. The average molecular weight is 299 g/mol. The molecule has 5 heteroatoms. The molecule has 1 atom stereocenters. The minimum Gasteiger partial charge on any atom is -0.508 e. The van der Waals surface area contributed by atoms with E-state index in [2.05, 4.69) is 14.9 Å². The Morgan fingerprint density at radius 1 is 1.50 bits per heavy atom. The van der Waals surface area contributed by atoms with Crippen LogP contribution < -0.4 is 5.32 Å². The van der Waals surface area contributed by atoms with Crippen LogP contribution in [0.2, 0.25) is 0 Å². The molecule has 0 unspecified atom stereocenters. The van der Waals surface area contributed by atoms with E-state index >= 15 is 0 Å². The summed E-state index contributed by atoms with van der Waals surface area (Å²) in [4.78, 5) is 16.3. The number of carbonyl (C=O) groups excluding carboxylic acids is 1. The number of nitrogens with zero attached hydrogens (tertiary/aromatic N) is 2. The smallest absolute Gasteiger partial charge is 0.220 e. The monoisotopic (exact) mass is 299 g/mol. The molecule has 1 heterocycles. The van der Waals surface area contributed by atoms with Crippen molar-refractivity contribution in [2.24, 2.45) is 0 Å². The van der Waals surface area contributed by atoms with Crippen LogP contribution in [0.5, 0.6) is 5.75 Å². The summed E-state index contributed by atoms with van der Waals surface area (Å²) in [6.07, 6.45) is 6.69. The molecule has 0 aliphatic heterocycles. The topological polar surface area (TPSA) is 67.2 Å². The molecule has 2 aromatic rings. The van der Waals surface area contributed by atoms with Gasteiger partial charge in [0.05, 0.1) is 6.04 Å². The van der Waals surface area contributed by atoms with Crippen LogP contribution >= 0.6 is 0 Å². The minimum atomic E-state index is 0.0320. The summed E-state index contributed by atoms with van der Waals surface area (Å²) in [6, 6.07) is 5.56. The van der Waals surface area contributed by atoms with E-state index in [0.717, 1.165) is 42.8 Å². The molecule has 22 heavy (non-hydrogen) atoms. The second-order valence-corrected chi connectivity index (χ2v) is 5.78. The van der Waals surface area contributed by atoms with E-state index in [4.69, 9.17) is 0 Å². The van der Waals surface area contributed by atoms with Gasteiger partial charge < -0.3 is 15.0 Å². The fourth-order valence-electron chi connectivity index (χ4n) is 3.10. The lowest BCUT2D eigenvalue weighted by Crippen LogP contribution is -2.27. The summed E-state index contributed by atoms with van der Waals surface area (Å²) in [5.41, 5.74) is 2.03. The second-order valence-electron chi connectivity index (χ2n) is 5.78. The number of benzene rings is 1. The molecule has 5 nitrogen and oxygen atoms in total. The Balaban J connectivity index is 1.51. The van der Waals surface area contributed by atoms with Gasteiger partial charge in [0.25, 0.3) is 0 Å². The van der Waals surface area contributed by atoms with Crippen molar-refractivity contribution in [3.63, 3.8) is 0 Å². The number of amides is 1. The van der Waals surface area contributed by atoms with Crippen molar-refractivity contribution in [1.29, 1.82) is 0 Å². The lowest BCUT2D eigenvalue weighted by Gasteiger charge is -2.14. The van der Waals surface area contributed by atoms with Gasteiger partial charge in [-0.2, -0.15) is 0 Å². The zero-order valence-electron chi connectivity index (χ0n) is 12.7. The molecule has 1 aliphatic carbocycles. The van der Waals surface area contributed by atoms with Crippen LogP contribution in [0.15, 0.2) is 30.6 Å². The Morgan fingerprint density at radius 3 is 3.14 bits per heavy atom. The van der Waals surface area contributed by atoms with Crippen LogP contribution in [0, 0.1) is 6.92 Å². The highest BCUT2D eigenvalue weighted by atomic mass is 16.3. The maximum Gasteiger partial charge on any atom is 0.220 e. The van der Waals surface area contributed by atoms with Gasteiger partial charge in [-0.25, -0.2) is 4.98 Å². The number of phenolic OH excluding ortho intramolecular Hbond substituents is 1. The Kier molecular flexibility index (Phi) is 4.13. The molecule has 0 saturated carbocycles. The number of imidazole rings is 1. The van der Waals surface area contributed by atoms with E-state index < -0.39 is 0 Å². The molecule has 116 valence electrons. The third-order valence-corrected chi connectivity index (χ3v) is 4.31. The number of phenols is 1. The van der Waals surface area contributed by atoms with Gasteiger partial charge in [-0.1, -0.05) is 12.1 Å². The summed E-state index contributed by atoms with van der Waals surface area (Å²) in [6.45, 7) is 2.77. The first-order chi connectivity index (χ1) is 10.6. The Morgan fingerprint density at radius 2 is 2.36 bits per heavy atom. The molecule has 3 rings (SSSR count). The molecule has 2 N–H and O–H groups in total. The molecule has 1 aromatic heterocycles. The number of rotatable bonds is 5. The largest absolute Gasteiger partial charge is 0.508 e. The molecule has 0 bridgehead atoms. The normalized spacial score (nSPS) is 16.5. The van der Waals surface area contributed by atoms with Crippen LogP contribution in [0.4, 0.5) is 0 Å². The van der Waals surface area contributed by atoms with Crippen molar-refractivity contribution in [3.8, 4) is 5.75 Å². The quantitative estimate of drug-likeness (QED) is 0.891. The van der Waals surface area contributed by atoms with E-state index in [9.17, 15) is 9.90 Å². The van der Waals surface area contributed by atoms with E-state index in [1.54, 1.807) is 12.3 Å². The number of hydrogen-bond donors (Lipinski definition) is 2. The number of fused-ring (bicyclic) bond motifs is 1. The number of nitrogens with one attached hydrogen (secondary N) is 1. The van der Waals surface area contributed by atoms with Crippen molar-refractivity contribution < 1.29 is 9.90 Å². The van der Waals surface area contributed by atoms with Gasteiger partial charge in [0.2, 0.25) is 5.91 Å². The predicted octanol–water partition coefficient (Wildman–Crippen LogP) is 2.48. The zero-order chi connectivity index (χ0) is 15.5. The van der Waals surface area contributed by atoms with E-state index in [0.29, 0.717) is 12.2 Å². The van der Waals surface area contributed by atoms with E-state index in [1.165, 1.54) is 0 Å². The highest BCUT2D eigenvalue weighted by Crippen LogP contribution is 2.36. The molecule has 0 saturated heterocycles.